The first-order valence-electron chi connectivity index (χ1n) is 2.75. The van der Waals surface area contributed by atoms with Crippen molar-refractivity contribution in [2.75, 3.05) is 7.05 Å². The second-order valence-electron chi connectivity index (χ2n) is 1.85. The maximum absolute atomic E-state index is 5.43. The second kappa shape index (κ2) is 5.45. The monoisotopic (exact) mass is 165 g/mol. The molecule has 8 heteroatoms. The maximum Gasteiger partial charge on any atom is 0.325 e. The molecule has 0 saturated carbocycles. The van der Waals surface area contributed by atoms with Crippen LogP contribution in [0.15, 0.2) is 12.4 Å². The van der Waals surface area contributed by atoms with Gasteiger partial charge in [-0.1, -0.05) is 6.58 Å². The Labute approximate surface area is 75.0 Å². The summed E-state index contributed by atoms with van der Waals surface area (Å²) in [6.45, 7) is 3.57. The average Bonchev–Trinajstić information content (AvgIpc) is 1.86. The summed E-state index contributed by atoms with van der Waals surface area (Å²) < 4.78 is 5.16. The first kappa shape index (κ1) is 10.8. The van der Waals surface area contributed by atoms with Crippen LogP contribution in [0.5, 0.6) is 0 Å². The zero-order chi connectivity index (χ0) is 8.85. The van der Waals surface area contributed by atoms with Crippen LogP contribution in [0, 0.1) is 0 Å². The van der Waals surface area contributed by atoms with E-state index in [2.05, 4.69) is 11.3 Å². The highest BCUT2D eigenvalue weighted by Crippen LogP contribution is 1.93. The van der Waals surface area contributed by atoms with E-state index < -0.39 is 0 Å². The molecule has 5 radical (unpaired) electrons. The van der Waals surface area contributed by atoms with Gasteiger partial charge in [-0.2, -0.15) is 0 Å². The van der Waals surface area contributed by atoms with Crippen LogP contribution in [-0.2, 0) is 0 Å². The number of hydrogen-bond acceptors (Lipinski definition) is 5. The van der Waals surface area contributed by atoms with E-state index in [9.17, 15) is 0 Å². The van der Waals surface area contributed by atoms with Crippen LogP contribution < -0.4 is 9.86 Å². The van der Waals surface area contributed by atoms with Gasteiger partial charge in [-0.15, -0.1) is 0 Å². The van der Waals surface area contributed by atoms with Crippen molar-refractivity contribution < 1.29 is 0 Å². The topological polar surface area (TPSA) is 44.5 Å². The first-order valence-corrected chi connectivity index (χ1v) is 3.63. The fourth-order valence-electron chi connectivity index (χ4n) is 0.387. The molecular formula is C3H8B3N4S. The number of nitrogens with zero attached hydrogens (tertiary/aromatic N) is 2. The number of nitrogens with one attached hydrogen (secondary N) is 1. The minimum atomic E-state index is 0.454. The van der Waals surface area contributed by atoms with Crippen molar-refractivity contribution >= 4 is 35.6 Å². The standard InChI is InChI=1S/C3H8B3N4S/c1-3(8-11-7)10(5)6-9(2)4/h8H,1,7H2,2H3. The molecule has 11 heavy (non-hydrogen) atoms. The zero-order valence-electron chi connectivity index (χ0n) is 6.32. The van der Waals surface area contributed by atoms with Gasteiger partial charge >= 0.3 is 7.55 Å². The van der Waals surface area contributed by atoms with E-state index in [0.29, 0.717) is 5.82 Å². The molecule has 0 saturated heterocycles. The lowest BCUT2D eigenvalue weighted by molar-refractivity contribution is 0.723. The van der Waals surface area contributed by atoms with E-state index in [4.69, 9.17) is 21.1 Å². The molecule has 3 N–H and O–H groups in total. The van der Waals surface area contributed by atoms with E-state index in [1.165, 1.54) is 17.0 Å². The van der Waals surface area contributed by atoms with Gasteiger partial charge in [-0.3, -0.25) is 5.14 Å². The third-order valence-electron chi connectivity index (χ3n) is 0.795. The van der Waals surface area contributed by atoms with Crippen LogP contribution in [0.25, 0.3) is 0 Å². The molecular weight excluding hydrogens is 157 g/mol. The SMILES string of the molecule is [B]N(C)[B]N([B])C(=C)NSN. The van der Waals surface area contributed by atoms with Gasteiger partial charge in [0.2, 0.25) is 7.98 Å². The molecule has 0 unspecified atom stereocenters. The Hall–Kier alpha value is -0.195. The van der Waals surface area contributed by atoms with Gasteiger partial charge in [0.1, 0.15) is 0 Å². The molecule has 0 aliphatic carbocycles. The molecule has 0 bridgehead atoms. The fourth-order valence-corrected chi connectivity index (χ4v) is 0.628. The second-order valence-corrected chi connectivity index (χ2v) is 2.29. The summed E-state index contributed by atoms with van der Waals surface area (Å²) in [5.74, 6) is 0.454. The van der Waals surface area contributed by atoms with Crippen molar-refractivity contribution in [2.45, 2.75) is 0 Å². The van der Waals surface area contributed by atoms with E-state index >= 15 is 0 Å². The van der Waals surface area contributed by atoms with Gasteiger partial charge in [-0.25, -0.2) is 0 Å². The van der Waals surface area contributed by atoms with Gasteiger partial charge < -0.3 is 14.2 Å². The molecule has 0 atom stereocenters. The highest BCUT2D eigenvalue weighted by atomic mass is 32.2. The number of rotatable bonds is 5. The highest BCUT2D eigenvalue weighted by Gasteiger charge is 2.03. The maximum atomic E-state index is 5.43. The number of hydrogen-bond donors (Lipinski definition) is 2. The van der Waals surface area contributed by atoms with Crippen molar-refractivity contribution in [1.29, 1.82) is 0 Å². The van der Waals surface area contributed by atoms with Crippen LogP contribution in [0.2, 0.25) is 0 Å². The largest absolute Gasteiger partial charge is 0.446 e. The van der Waals surface area contributed by atoms with E-state index in [1.54, 1.807) is 7.05 Å². The van der Waals surface area contributed by atoms with Crippen LogP contribution in [0.4, 0.5) is 0 Å². The van der Waals surface area contributed by atoms with Crippen LogP contribution >= 0.6 is 12.1 Å². The van der Waals surface area contributed by atoms with Crippen molar-refractivity contribution in [1.82, 2.24) is 14.2 Å². The Morgan fingerprint density at radius 3 is 2.64 bits per heavy atom. The Bertz CT molecular complexity index is 132. The molecule has 0 fully saturated rings. The number of nitrogens with two attached hydrogens (primary N) is 1. The van der Waals surface area contributed by atoms with Crippen molar-refractivity contribution in [3.05, 3.63) is 12.4 Å². The quantitative estimate of drug-likeness (QED) is 0.383. The Morgan fingerprint density at radius 2 is 2.27 bits per heavy atom. The molecule has 4 nitrogen and oxygen atoms in total. The summed E-state index contributed by atoms with van der Waals surface area (Å²) in [5, 5.41) is 5.10. The van der Waals surface area contributed by atoms with Crippen molar-refractivity contribution in [2.24, 2.45) is 5.14 Å². The summed E-state index contributed by atoms with van der Waals surface area (Å²) >= 11 is 0.915. The molecule has 0 amide bonds. The molecule has 0 aromatic rings. The molecule has 0 aliphatic rings. The molecule has 0 rings (SSSR count). The average molecular weight is 165 g/mol. The van der Waals surface area contributed by atoms with Gasteiger partial charge in [0.25, 0.3) is 0 Å². The minimum Gasteiger partial charge on any atom is -0.446 e. The molecule has 0 aromatic heterocycles. The third-order valence-corrected chi connectivity index (χ3v) is 1.15. The summed E-state index contributed by atoms with van der Waals surface area (Å²) in [6.07, 6.45) is 0. The predicted octanol–water partition coefficient (Wildman–Crippen LogP) is -1.50. The lowest BCUT2D eigenvalue weighted by Crippen LogP contribution is -2.38. The fraction of sp³-hybridized carbons (Fsp3) is 0.333. The van der Waals surface area contributed by atoms with E-state index in [1.807, 2.05) is 0 Å². The molecule has 0 heterocycles. The van der Waals surface area contributed by atoms with Crippen LogP contribution in [0.1, 0.15) is 0 Å². The normalized spacial score (nSPS) is 9.36. The Kier molecular flexibility index (Phi) is 5.36. The zero-order valence-corrected chi connectivity index (χ0v) is 7.14. The first-order chi connectivity index (χ1) is 5.07. The summed E-state index contributed by atoms with van der Waals surface area (Å²) in [4.78, 5) is 0. The predicted molar refractivity (Wildman–Crippen MR) is 50.9 cm³/mol. The van der Waals surface area contributed by atoms with E-state index in [-0.39, 0.29) is 0 Å². The van der Waals surface area contributed by atoms with Crippen molar-refractivity contribution in [3.63, 3.8) is 0 Å². The summed E-state index contributed by atoms with van der Waals surface area (Å²) in [6, 6.07) is 0. The smallest absolute Gasteiger partial charge is 0.325 e. The Balaban J connectivity index is 3.64. The Morgan fingerprint density at radius 1 is 1.73 bits per heavy atom. The van der Waals surface area contributed by atoms with Gasteiger partial charge in [0.15, 0.2) is 7.98 Å². The van der Waals surface area contributed by atoms with Gasteiger partial charge in [0, 0.05) is 12.1 Å². The van der Waals surface area contributed by atoms with Gasteiger partial charge in [0.05, 0.1) is 5.82 Å². The van der Waals surface area contributed by atoms with Crippen molar-refractivity contribution in [3.8, 4) is 0 Å². The molecule has 0 aromatic carbocycles. The lowest BCUT2D eigenvalue weighted by atomic mass is 9.95. The van der Waals surface area contributed by atoms with E-state index in [0.717, 1.165) is 12.1 Å². The third kappa shape index (κ3) is 5.12. The highest BCUT2D eigenvalue weighted by molar-refractivity contribution is 7.95. The lowest BCUT2D eigenvalue weighted by Gasteiger charge is -2.24. The molecule has 0 aliphatic heterocycles. The molecule has 0 spiro atoms. The van der Waals surface area contributed by atoms with Crippen LogP contribution in [-0.4, -0.2) is 40.0 Å². The summed E-state index contributed by atoms with van der Waals surface area (Å²) in [7, 11) is 13.8. The summed E-state index contributed by atoms with van der Waals surface area (Å²) in [5.41, 5.74) is 0. The van der Waals surface area contributed by atoms with Crippen LogP contribution in [0.3, 0.4) is 0 Å². The van der Waals surface area contributed by atoms with Gasteiger partial charge in [-0.05, 0) is 7.05 Å². The minimum absolute atomic E-state index is 0.454. The molecule has 55 valence electrons.